The first kappa shape index (κ1) is 14.2. The molecule has 3 rings (SSSR count). The molecular weight excluding hydrogens is 262 g/mol. The lowest BCUT2D eigenvalue weighted by Gasteiger charge is -2.34. The molecule has 1 aliphatic carbocycles. The third-order valence-corrected chi connectivity index (χ3v) is 4.13. The molecule has 3 nitrogen and oxygen atoms in total. The van der Waals surface area contributed by atoms with E-state index >= 15 is 0 Å². The summed E-state index contributed by atoms with van der Waals surface area (Å²) in [6.45, 7) is 3.69. The third kappa shape index (κ3) is 3.48. The van der Waals surface area contributed by atoms with Gasteiger partial charge in [-0.2, -0.15) is 0 Å². The van der Waals surface area contributed by atoms with Crippen molar-refractivity contribution in [1.29, 1.82) is 0 Å². The molecule has 1 aromatic carbocycles. The fraction of sp³-hybridized carbons (Fsp3) is 0.444. The SMILES string of the molecule is COc1ccc(/C=C2\CCCC=C2N2CCOCC2)cc1. The van der Waals surface area contributed by atoms with Crippen molar-refractivity contribution >= 4 is 6.08 Å². The lowest BCUT2D eigenvalue weighted by Crippen LogP contribution is -2.36. The van der Waals surface area contributed by atoms with Gasteiger partial charge in [0, 0.05) is 18.8 Å². The fourth-order valence-electron chi connectivity index (χ4n) is 2.97. The van der Waals surface area contributed by atoms with E-state index in [9.17, 15) is 0 Å². The van der Waals surface area contributed by atoms with Gasteiger partial charge in [0.2, 0.25) is 0 Å². The minimum Gasteiger partial charge on any atom is -0.497 e. The lowest BCUT2D eigenvalue weighted by atomic mass is 9.95. The molecule has 2 aliphatic rings. The van der Waals surface area contributed by atoms with Crippen LogP contribution < -0.4 is 4.74 Å². The average molecular weight is 285 g/mol. The molecule has 1 aromatic rings. The quantitative estimate of drug-likeness (QED) is 0.848. The van der Waals surface area contributed by atoms with E-state index < -0.39 is 0 Å². The van der Waals surface area contributed by atoms with E-state index in [1.54, 1.807) is 7.11 Å². The van der Waals surface area contributed by atoms with Crippen LogP contribution in [0.5, 0.6) is 5.75 Å². The minimum atomic E-state index is 0.840. The van der Waals surface area contributed by atoms with E-state index in [-0.39, 0.29) is 0 Å². The number of hydrogen-bond acceptors (Lipinski definition) is 3. The summed E-state index contributed by atoms with van der Waals surface area (Å²) >= 11 is 0. The first-order valence-corrected chi connectivity index (χ1v) is 7.74. The molecule has 0 N–H and O–H groups in total. The van der Waals surface area contributed by atoms with Gasteiger partial charge >= 0.3 is 0 Å². The molecule has 0 unspecified atom stereocenters. The van der Waals surface area contributed by atoms with Crippen LogP contribution in [-0.2, 0) is 4.74 Å². The van der Waals surface area contributed by atoms with Crippen LogP contribution in [0, 0.1) is 0 Å². The molecule has 0 radical (unpaired) electrons. The molecule has 1 heterocycles. The molecule has 112 valence electrons. The molecule has 0 saturated carbocycles. The van der Waals surface area contributed by atoms with E-state index in [1.165, 1.54) is 29.7 Å². The van der Waals surface area contributed by atoms with Crippen molar-refractivity contribution in [2.75, 3.05) is 33.4 Å². The van der Waals surface area contributed by atoms with Crippen LogP contribution in [0.4, 0.5) is 0 Å². The normalized spacial score (nSPS) is 21.3. The van der Waals surface area contributed by atoms with Crippen LogP contribution in [0.2, 0.25) is 0 Å². The smallest absolute Gasteiger partial charge is 0.118 e. The van der Waals surface area contributed by atoms with Crippen LogP contribution in [0.15, 0.2) is 41.6 Å². The molecule has 0 aromatic heterocycles. The third-order valence-electron chi connectivity index (χ3n) is 4.13. The number of allylic oxidation sites excluding steroid dienone is 2. The number of morpholine rings is 1. The van der Waals surface area contributed by atoms with Crippen LogP contribution in [0.1, 0.15) is 24.8 Å². The first-order valence-electron chi connectivity index (χ1n) is 7.74. The maximum Gasteiger partial charge on any atom is 0.118 e. The Labute approximate surface area is 126 Å². The number of ether oxygens (including phenoxy) is 2. The molecule has 0 bridgehead atoms. The van der Waals surface area contributed by atoms with E-state index in [4.69, 9.17) is 9.47 Å². The van der Waals surface area contributed by atoms with Crippen LogP contribution in [-0.4, -0.2) is 38.3 Å². The Kier molecular flexibility index (Phi) is 4.61. The van der Waals surface area contributed by atoms with Gasteiger partial charge in [-0.1, -0.05) is 18.2 Å². The van der Waals surface area contributed by atoms with Crippen molar-refractivity contribution in [3.63, 3.8) is 0 Å². The zero-order chi connectivity index (χ0) is 14.5. The molecule has 1 fully saturated rings. The second-order valence-corrected chi connectivity index (χ2v) is 5.52. The monoisotopic (exact) mass is 285 g/mol. The van der Waals surface area contributed by atoms with Gasteiger partial charge in [0.25, 0.3) is 0 Å². The Morgan fingerprint density at radius 3 is 2.62 bits per heavy atom. The Morgan fingerprint density at radius 1 is 1.14 bits per heavy atom. The van der Waals surface area contributed by atoms with Crippen LogP contribution in [0.3, 0.4) is 0 Å². The minimum absolute atomic E-state index is 0.840. The molecule has 0 spiro atoms. The predicted octanol–water partition coefficient (Wildman–Crippen LogP) is 3.48. The van der Waals surface area contributed by atoms with Crippen LogP contribution >= 0.6 is 0 Å². The summed E-state index contributed by atoms with van der Waals surface area (Å²) < 4.78 is 10.7. The maximum absolute atomic E-state index is 5.47. The summed E-state index contributed by atoms with van der Waals surface area (Å²) in [6, 6.07) is 8.29. The summed E-state index contributed by atoms with van der Waals surface area (Å²) in [5.74, 6) is 0.907. The zero-order valence-electron chi connectivity index (χ0n) is 12.7. The van der Waals surface area contributed by atoms with Crippen molar-refractivity contribution in [1.82, 2.24) is 4.90 Å². The van der Waals surface area contributed by atoms with Gasteiger partial charge in [0.05, 0.1) is 20.3 Å². The van der Waals surface area contributed by atoms with Crippen molar-refractivity contribution in [2.24, 2.45) is 0 Å². The van der Waals surface area contributed by atoms with Crippen LogP contribution in [0.25, 0.3) is 6.08 Å². The highest BCUT2D eigenvalue weighted by molar-refractivity contribution is 5.59. The van der Waals surface area contributed by atoms with Gasteiger partial charge in [-0.05, 0) is 48.6 Å². The summed E-state index contributed by atoms with van der Waals surface area (Å²) in [5, 5.41) is 0. The van der Waals surface area contributed by atoms with E-state index in [0.29, 0.717) is 0 Å². The maximum atomic E-state index is 5.47. The predicted molar refractivity (Wildman–Crippen MR) is 85.3 cm³/mol. The Bertz CT molecular complexity index is 525. The largest absolute Gasteiger partial charge is 0.497 e. The summed E-state index contributed by atoms with van der Waals surface area (Å²) in [7, 11) is 1.70. The van der Waals surface area contributed by atoms with Gasteiger partial charge < -0.3 is 14.4 Å². The van der Waals surface area contributed by atoms with Crippen molar-refractivity contribution in [3.8, 4) is 5.75 Å². The zero-order valence-corrected chi connectivity index (χ0v) is 12.7. The Balaban J connectivity index is 1.81. The standard InChI is InChI=1S/C18H23NO2/c1-20-17-8-6-15(7-9-17)14-16-4-2-3-5-18(16)19-10-12-21-13-11-19/h5-9,14H,2-4,10-13H2,1H3/b16-14+. The topological polar surface area (TPSA) is 21.7 Å². The van der Waals surface area contributed by atoms with E-state index in [1.807, 2.05) is 12.1 Å². The highest BCUT2D eigenvalue weighted by Gasteiger charge is 2.19. The first-order chi connectivity index (χ1) is 10.4. The molecule has 21 heavy (non-hydrogen) atoms. The summed E-state index contributed by atoms with van der Waals surface area (Å²) in [6.07, 6.45) is 8.31. The second kappa shape index (κ2) is 6.81. The van der Waals surface area contributed by atoms with Crippen molar-refractivity contribution in [3.05, 3.63) is 47.2 Å². The molecule has 0 atom stereocenters. The number of benzene rings is 1. The number of hydrogen-bond donors (Lipinski definition) is 0. The van der Waals surface area contributed by atoms with Gasteiger partial charge in [-0.15, -0.1) is 0 Å². The highest BCUT2D eigenvalue weighted by atomic mass is 16.5. The number of rotatable bonds is 3. The molecule has 0 amide bonds. The van der Waals surface area contributed by atoms with E-state index in [0.717, 1.165) is 38.5 Å². The highest BCUT2D eigenvalue weighted by Crippen LogP contribution is 2.29. The number of methoxy groups -OCH3 is 1. The van der Waals surface area contributed by atoms with Crippen molar-refractivity contribution < 1.29 is 9.47 Å². The van der Waals surface area contributed by atoms with Crippen molar-refractivity contribution in [2.45, 2.75) is 19.3 Å². The van der Waals surface area contributed by atoms with Gasteiger partial charge in [-0.25, -0.2) is 0 Å². The van der Waals surface area contributed by atoms with Gasteiger partial charge in [0.15, 0.2) is 0 Å². The molecule has 1 saturated heterocycles. The van der Waals surface area contributed by atoms with E-state index in [2.05, 4.69) is 29.2 Å². The fourth-order valence-corrected chi connectivity index (χ4v) is 2.97. The molecular formula is C18H23NO2. The lowest BCUT2D eigenvalue weighted by molar-refractivity contribution is 0.0542. The second-order valence-electron chi connectivity index (χ2n) is 5.52. The Hall–Kier alpha value is -1.74. The molecule has 3 heteroatoms. The number of nitrogens with zero attached hydrogens (tertiary/aromatic N) is 1. The van der Waals surface area contributed by atoms with Gasteiger partial charge in [0.1, 0.15) is 5.75 Å². The average Bonchev–Trinajstić information content (AvgIpc) is 2.57. The molecule has 1 aliphatic heterocycles. The summed E-state index contributed by atoms with van der Waals surface area (Å²) in [4.78, 5) is 2.47. The Morgan fingerprint density at radius 2 is 1.90 bits per heavy atom. The van der Waals surface area contributed by atoms with Gasteiger partial charge in [-0.3, -0.25) is 0 Å². The summed E-state index contributed by atoms with van der Waals surface area (Å²) in [5.41, 5.74) is 4.11.